The minimum Gasteiger partial charge on any atom is -0.394 e. The quantitative estimate of drug-likeness (QED) is 0.546. The Morgan fingerprint density at radius 3 is 2.50 bits per heavy atom. The molecule has 0 atom stereocenters. The number of aromatic nitrogens is 3. The summed E-state index contributed by atoms with van der Waals surface area (Å²) < 4.78 is 1.67. The van der Waals surface area contributed by atoms with Crippen LogP contribution in [0.3, 0.4) is 0 Å². The third kappa shape index (κ3) is 8.27. The van der Waals surface area contributed by atoms with Crippen LogP contribution in [0.15, 0.2) is 6.20 Å². The molecule has 1 aromatic rings. The van der Waals surface area contributed by atoms with Crippen molar-refractivity contribution in [2.45, 2.75) is 71.4 Å². The van der Waals surface area contributed by atoms with Gasteiger partial charge in [0.25, 0.3) is 0 Å². The smallest absolute Gasteiger partial charge is 0.0964 e. The lowest BCUT2D eigenvalue weighted by atomic mass is 10.1. The van der Waals surface area contributed by atoms with E-state index in [4.69, 9.17) is 5.11 Å². The summed E-state index contributed by atoms with van der Waals surface area (Å²) >= 11 is 0. The Hall–Kier alpha value is -0.940. The van der Waals surface area contributed by atoms with Crippen LogP contribution in [0.5, 0.6) is 0 Å². The minimum absolute atomic E-state index is 0.106. The average Bonchev–Trinajstić information content (AvgIpc) is 2.89. The van der Waals surface area contributed by atoms with Gasteiger partial charge in [-0.2, -0.15) is 0 Å². The zero-order valence-corrected chi connectivity index (χ0v) is 12.9. The van der Waals surface area contributed by atoms with Crippen molar-refractivity contribution in [1.29, 1.82) is 0 Å². The van der Waals surface area contributed by atoms with Gasteiger partial charge < -0.3 is 10.4 Å². The number of hydrogen-bond donors (Lipinski definition) is 2. The first-order valence-electron chi connectivity index (χ1n) is 8.07. The lowest BCUT2D eigenvalue weighted by Gasteiger charge is -2.03. The predicted octanol–water partition coefficient (Wildman–Crippen LogP) is 2.50. The normalized spacial score (nSPS) is 11.1. The molecule has 0 spiro atoms. The van der Waals surface area contributed by atoms with E-state index in [1.54, 1.807) is 4.68 Å². The molecule has 0 amide bonds. The topological polar surface area (TPSA) is 63.0 Å². The molecule has 0 aliphatic heterocycles. The van der Waals surface area contributed by atoms with Crippen molar-refractivity contribution in [1.82, 2.24) is 20.3 Å². The lowest BCUT2D eigenvalue weighted by molar-refractivity contribution is 0.268. The molecule has 2 N–H and O–H groups in total. The highest BCUT2D eigenvalue weighted by Gasteiger charge is 1.99. The molecule has 1 heterocycles. The van der Waals surface area contributed by atoms with E-state index >= 15 is 0 Å². The Kier molecular flexibility index (Phi) is 10.1. The monoisotopic (exact) mass is 282 g/mol. The molecule has 0 aromatic carbocycles. The molecule has 0 saturated carbocycles. The molecule has 0 radical (unpaired) electrons. The fourth-order valence-corrected chi connectivity index (χ4v) is 2.23. The van der Waals surface area contributed by atoms with E-state index in [9.17, 15) is 0 Å². The van der Waals surface area contributed by atoms with Crippen LogP contribution in [0.2, 0.25) is 0 Å². The van der Waals surface area contributed by atoms with Gasteiger partial charge in [-0.1, -0.05) is 57.1 Å². The van der Waals surface area contributed by atoms with E-state index in [1.807, 2.05) is 6.20 Å². The molecule has 1 aromatic heterocycles. The van der Waals surface area contributed by atoms with Gasteiger partial charge >= 0.3 is 0 Å². The van der Waals surface area contributed by atoms with E-state index in [0.717, 1.165) is 18.8 Å². The van der Waals surface area contributed by atoms with Gasteiger partial charge in [0, 0.05) is 12.7 Å². The molecule has 5 heteroatoms. The Labute approximate surface area is 122 Å². The van der Waals surface area contributed by atoms with Crippen molar-refractivity contribution >= 4 is 0 Å². The third-order valence-electron chi connectivity index (χ3n) is 3.43. The molecule has 116 valence electrons. The van der Waals surface area contributed by atoms with E-state index < -0.39 is 0 Å². The SMILES string of the molecule is CCCCCCCCCCNCc1cn(CCO)nn1. The second kappa shape index (κ2) is 11.9. The highest BCUT2D eigenvalue weighted by Crippen LogP contribution is 2.07. The van der Waals surface area contributed by atoms with Gasteiger partial charge in [0.05, 0.1) is 18.8 Å². The second-order valence-electron chi connectivity index (χ2n) is 5.35. The lowest BCUT2D eigenvalue weighted by Crippen LogP contribution is -2.14. The first-order chi connectivity index (χ1) is 9.86. The number of unbranched alkanes of at least 4 members (excludes halogenated alkanes) is 7. The number of nitrogens with zero attached hydrogens (tertiary/aromatic N) is 3. The van der Waals surface area contributed by atoms with Gasteiger partial charge in [0.15, 0.2) is 0 Å². The second-order valence-corrected chi connectivity index (χ2v) is 5.35. The summed E-state index contributed by atoms with van der Waals surface area (Å²) in [6, 6.07) is 0. The van der Waals surface area contributed by atoms with Crippen LogP contribution in [0.4, 0.5) is 0 Å². The van der Waals surface area contributed by atoms with E-state index in [0.29, 0.717) is 6.54 Å². The van der Waals surface area contributed by atoms with Crippen molar-refractivity contribution in [2.24, 2.45) is 0 Å². The number of aliphatic hydroxyl groups excluding tert-OH is 1. The summed E-state index contributed by atoms with van der Waals surface area (Å²) in [4.78, 5) is 0. The molecule has 0 fully saturated rings. The van der Waals surface area contributed by atoms with Gasteiger partial charge in [-0.15, -0.1) is 5.10 Å². The Morgan fingerprint density at radius 1 is 1.10 bits per heavy atom. The molecule has 0 bridgehead atoms. The summed E-state index contributed by atoms with van der Waals surface area (Å²) in [6.45, 7) is 4.69. The average molecular weight is 282 g/mol. The van der Waals surface area contributed by atoms with Gasteiger partial charge in [-0.3, -0.25) is 0 Å². The number of nitrogens with one attached hydrogen (secondary N) is 1. The van der Waals surface area contributed by atoms with Gasteiger partial charge in [-0.05, 0) is 13.0 Å². The fourth-order valence-electron chi connectivity index (χ4n) is 2.23. The van der Waals surface area contributed by atoms with Gasteiger partial charge in [0.2, 0.25) is 0 Å². The Bertz CT molecular complexity index is 327. The standard InChI is InChI=1S/C15H30N4O/c1-2-3-4-5-6-7-8-9-10-16-13-15-14-19(11-12-20)18-17-15/h14,16,20H,2-13H2,1H3. The molecular weight excluding hydrogens is 252 g/mol. The largest absolute Gasteiger partial charge is 0.394 e. The zero-order valence-electron chi connectivity index (χ0n) is 12.9. The number of aliphatic hydroxyl groups is 1. The van der Waals surface area contributed by atoms with Crippen molar-refractivity contribution in [3.8, 4) is 0 Å². The molecular formula is C15H30N4O. The zero-order chi connectivity index (χ0) is 14.5. The van der Waals surface area contributed by atoms with Crippen LogP contribution < -0.4 is 5.32 Å². The van der Waals surface area contributed by atoms with E-state index in [-0.39, 0.29) is 6.61 Å². The minimum atomic E-state index is 0.106. The highest BCUT2D eigenvalue weighted by molar-refractivity contribution is 4.91. The summed E-state index contributed by atoms with van der Waals surface area (Å²) in [7, 11) is 0. The molecule has 20 heavy (non-hydrogen) atoms. The van der Waals surface area contributed by atoms with Crippen LogP contribution in [0.1, 0.15) is 64.0 Å². The first kappa shape index (κ1) is 17.1. The van der Waals surface area contributed by atoms with Crippen molar-refractivity contribution < 1.29 is 5.11 Å². The molecule has 0 saturated heterocycles. The van der Waals surface area contributed by atoms with Crippen molar-refractivity contribution in [2.75, 3.05) is 13.2 Å². The number of rotatable bonds is 13. The van der Waals surface area contributed by atoms with Crippen LogP contribution in [0, 0.1) is 0 Å². The maximum absolute atomic E-state index is 8.79. The highest BCUT2D eigenvalue weighted by atomic mass is 16.3. The van der Waals surface area contributed by atoms with Crippen LogP contribution >= 0.6 is 0 Å². The summed E-state index contributed by atoms with van der Waals surface area (Å²) in [5.74, 6) is 0. The van der Waals surface area contributed by atoms with E-state index in [2.05, 4.69) is 22.6 Å². The summed E-state index contributed by atoms with van der Waals surface area (Å²) in [5, 5.41) is 20.2. The maximum Gasteiger partial charge on any atom is 0.0964 e. The van der Waals surface area contributed by atoms with Crippen molar-refractivity contribution in [3.05, 3.63) is 11.9 Å². The van der Waals surface area contributed by atoms with E-state index in [1.165, 1.54) is 51.4 Å². The van der Waals surface area contributed by atoms with Gasteiger partial charge in [0.1, 0.15) is 0 Å². The first-order valence-corrected chi connectivity index (χ1v) is 8.07. The third-order valence-corrected chi connectivity index (χ3v) is 3.43. The van der Waals surface area contributed by atoms with Crippen molar-refractivity contribution in [3.63, 3.8) is 0 Å². The molecule has 0 aliphatic carbocycles. The molecule has 5 nitrogen and oxygen atoms in total. The summed E-state index contributed by atoms with van der Waals surface area (Å²) in [5.41, 5.74) is 0.943. The Balaban J connectivity index is 1.89. The van der Waals surface area contributed by atoms with Crippen LogP contribution in [-0.2, 0) is 13.1 Å². The number of hydrogen-bond acceptors (Lipinski definition) is 4. The van der Waals surface area contributed by atoms with Gasteiger partial charge in [-0.25, -0.2) is 4.68 Å². The molecule has 0 unspecified atom stereocenters. The van der Waals surface area contributed by atoms with Crippen LogP contribution in [0.25, 0.3) is 0 Å². The predicted molar refractivity (Wildman–Crippen MR) is 81.4 cm³/mol. The summed E-state index contributed by atoms with van der Waals surface area (Å²) in [6.07, 6.45) is 12.7. The maximum atomic E-state index is 8.79. The molecule has 1 rings (SSSR count). The Morgan fingerprint density at radius 2 is 1.80 bits per heavy atom. The fraction of sp³-hybridized carbons (Fsp3) is 0.867. The molecule has 0 aliphatic rings. The van der Waals surface area contributed by atoms with Crippen LogP contribution in [-0.4, -0.2) is 33.3 Å².